The molecule has 1 N–H and O–H groups in total. The molecule has 3 aromatic rings. The number of methoxy groups -OCH3 is 1. The van der Waals surface area contributed by atoms with Crippen LogP contribution in [-0.2, 0) is 0 Å². The highest BCUT2D eigenvalue weighted by atomic mass is 19.1. The Balaban J connectivity index is 1.26. The van der Waals surface area contributed by atoms with E-state index in [0.717, 1.165) is 42.0 Å². The second kappa shape index (κ2) is 10.3. The highest BCUT2D eigenvalue weighted by molar-refractivity contribution is 5.93. The monoisotopic (exact) mass is 479 g/mol. The van der Waals surface area contributed by atoms with Crippen LogP contribution in [0.1, 0.15) is 24.8 Å². The number of fused-ring (bicyclic) bond motifs is 2. The van der Waals surface area contributed by atoms with Gasteiger partial charge in [-0.3, -0.25) is 0 Å². The minimum atomic E-state index is -0.233. The van der Waals surface area contributed by atoms with Crippen LogP contribution in [-0.4, -0.2) is 72.8 Å². The maximum Gasteiger partial charge on any atom is 0.162 e. The highest BCUT2D eigenvalue weighted by Gasteiger charge is 2.36. The summed E-state index contributed by atoms with van der Waals surface area (Å²) in [5.74, 6) is 2.53. The summed E-state index contributed by atoms with van der Waals surface area (Å²) < 4.78 is 25.4. The van der Waals surface area contributed by atoms with Gasteiger partial charge >= 0.3 is 0 Å². The van der Waals surface area contributed by atoms with Crippen molar-refractivity contribution in [3.05, 3.63) is 48.0 Å². The molecule has 35 heavy (non-hydrogen) atoms. The van der Waals surface area contributed by atoms with Crippen molar-refractivity contribution in [3.63, 3.8) is 0 Å². The van der Waals surface area contributed by atoms with Crippen molar-refractivity contribution in [3.8, 4) is 11.5 Å². The summed E-state index contributed by atoms with van der Waals surface area (Å²) in [7, 11) is 3.90. The number of nitrogens with zero attached hydrogens (tertiary/aromatic N) is 4. The van der Waals surface area contributed by atoms with Crippen LogP contribution in [0.15, 0.2) is 36.7 Å². The molecule has 2 saturated heterocycles. The van der Waals surface area contributed by atoms with Crippen LogP contribution >= 0.6 is 0 Å². The van der Waals surface area contributed by atoms with Crippen LogP contribution in [0, 0.1) is 18.7 Å². The van der Waals surface area contributed by atoms with E-state index in [2.05, 4.69) is 32.1 Å². The zero-order valence-electron chi connectivity index (χ0n) is 20.8. The molecule has 3 heterocycles. The topological polar surface area (TPSA) is 62.8 Å². The zero-order valence-corrected chi connectivity index (χ0v) is 20.8. The Bertz CT molecular complexity index is 1190. The lowest BCUT2D eigenvalue weighted by Gasteiger charge is -2.33. The summed E-state index contributed by atoms with van der Waals surface area (Å²) in [5.41, 5.74) is 2.08. The van der Waals surface area contributed by atoms with Crippen molar-refractivity contribution in [2.75, 3.05) is 52.3 Å². The first-order valence-corrected chi connectivity index (χ1v) is 12.4. The van der Waals surface area contributed by atoms with E-state index in [1.165, 1.54) is 38.3 Å². The Morgan fingerprint density at radius 1 is 1.14 bits per heavy atom. The van der Waals surface area contributed by atoms with Gasteiger partial charge in [-0.25, -0.2) is 14.4 Å². The fourth-order valence-corrected chi connectivity index (χ4v) is 5.44. The number of ether oxygens (including phenoxy) is 2. The fourth-order valence-electron chi connectivity index (χ4n) is 5.44. The van der Waals surface area contributed by atoms with Crippen molar-refractivity contribution in [1.29, 1.82) is 0 Å². The Hall–Kier alpha value is -2.97. The Morgan fingerprint density at radius 2 is 2.03 bits per heavy atom. The minimum absolute atomic E-state index is 0.233. The van der Waals surface area contributed by atoms with Crippen LogP contribution in [0.3, 0.4) is 0 Å². The number of aryl methyl sites for hydroxylation is 1. The first-order chi connectivity index (χ1) is 17.0. The van der Waals surface area contributed by atoms with Crippen molar-refractivity contribution >= 4 is 22.4 Å². The summed E-state index contributed by atoms with van der Waals surface area (Å²) in [5, 5.41) is 4.10. The van der Waals surface area contributed by atoms with Gasteiger partial charge in [0.2, 0.25) is 0 Å². The second-order valence-electron chi connectivity index (χ2n) is 9.74. The molecule has 0 spiro atoms. The number of likely N-dealkylation sites (N-methyl/N-ethyl adjacent to an activating group) is 1. The van der Waals surface area contributed by atoms with Gasteiger partial charge in [-0.15, -0.1) is 0 Å². The molecule has 0 bridgehead atoms. The molecule has 0 aliphatic carbocycles. The highest BCUT2D eigenvalue weighted by Crippen LogP contribution is 2.35. The zero-order chi connectivity index (χ0) is 24.4. The standard InChI is InChI=1S/C27H34FN5O2/c1-18-12-20(7-8-22(18)28)31-27-21-13-26(25(34-3)14-23(21)29-17-30-27)35-11-5-10-33-15-19-6-4-9-32(2)24(19)16-33/h7-8,12-14,17,19,24H,4-6,9-11,15-16H2,1-3H3,(H,29,30,31). The van der Waals surface area contributed by atoms with Gasteiger partial charge in [0.1, 0.15) is 18.0 Å². The average molecular weight is 480 g/mol. The number of nitrogens with one attached hydrogen (secondary N) is 1. The molecule has 2 aliphatic heterocycles. The van der Waals surface area contributed by atoms with E-state index in [-0.39, 0.29) is 5.82 Å². The molecule has 2 aromatic carbocycles. The van der Waals surface area contributed by atoms with Gasteiger partial charge in [-0.1, -0.05) is 0 Å². The maximum absolute atomic E-state index is 13.7. The first-order valence-electron chi connectivity index (χ1n) is 12.4. The molecule has 0 radical (unpaired) electrons. The molecule has 1 aromatic heterocycles. The predicted molar refractivity (Wildman–Crippen MR) is 136 cm³/mol. The van der Waals surface area contributed by atoms with E-state index in [1.807, 2.05) is 12.1 Å². The Morgan fingerprint density at radius 3 is 2.83 bits per heavy atom. The van der Waals surface area contributed by atoms with Crippen LogP contribution in [0.25, 0.3) is 10.9 Å². The Labute approximate surface area is 206 Å². The number of halogens is 1. The van der Waals surface area contributed by atoms with Crippen LogP contribution < -0.4 is 14.8 Å². The average Bonchev–Trinajstić information content (AvgIpc) is 3.28. The van der Waals surface area contributed by atoms with E-state index in [4.69, 9.17) is 9.47 Å². The Kier molecular flexibility index (Phi) is 7.02. The summed E-state index contributed by atoms with van der Waals surface area (Å²) >= 11 is 0. The number of rotatable bonds is 8. The molecular formula is C27H34FN5O2. The molecular weight excluding hydrogens is 445 g/mol. The smallest absolute Gasteiger partial charge is 0.162 e. The van der Waals surface area contributed by atoms with E-state index < -0.39 is 0 Å². The lowest BCUT2D eigenvalue weighted by atomic mass is 9.93. The number of hydrogen-bond acceptors (Lipinski definition) is 7. The van der Waals surface area contributed by atoms with E-state index >= 15 is 0 Å². The summed E-state index contributed by atoms with van der Waals surface area (Å²) in [6.07, 6.45) is 5.13. The van der Waals surface area contributed by atoms with Gasteiger partial charge in [0, 0.05) is 42.8 Å². The second-order valence-corrected chi connectivity index (χ2v) is 9.74. The van der Waals surface area contributed by atoms with Gasteiger partial charge in [0.15, 0.2) is 11.5 Å². The number of benzene rings is 2. The van der Waals surface area contributed by atoms with E-state index in [9.17, 15) is 4.39 Å². The number of anilines is 2. The van der Waals surface area contributed by atoms with Crippen molar-refractivity contribution in [2.45, 2.75) is 32.2 Å². The predicted octanol–water partition coefficient (Wildman–Crippen LogP) is 4.62. The van der Waals surface area contributed by atoms with Gasteiger partial charge in [0.25, 0.3) is 0 Å². The number of likely N-dealkylation sites (tertiary alicyclic amines) is 2. The van der Waals surface area contributed by atoms with Crippen LogP contribution in [0.4, 0.5) is 15.9 Å². The van der Waals surface area contributed by atoms with E-state index in [0.29, 0.717) is 35.5 Å². The molecule has 2 atom stereocenters. The molecule has 186 valence electrons. The van der Waals surface area contributed by atoms with Gasteiger partial charge in [-0.05, 0) is 75.5 Å². The molecule has 7 nitrogen and oxygen atoms in total. The minimum Gasteiger partial charge on any atom is -0.493 e. The van der Waals surface area contributed by atoms with Crippen molar-refractivity contribution in [2.24, 2.45) is 5.92 Å². The van der Waals surface area contributed by atoms with Gasteiger partial charge in [-0.2, -0.15) is 0 Å². The third kappa shape index (κ3) is 5.18. The fraction of sp³-hybridized carbons (Fsp3) is 0.481. The molecule has 0 amide bonds. The van der Waals surface area contributed by atoms with Crippen LogP contribution in [0.5, 0.6) is 11.5 Å². The SMILES string of the molecule is COc1cc2ncnc(Nc3ccc(F)c(C)c3)c2cc1OCCCN1CC2CCCN(C)C2C1. The van der Waals surface area contributed by atoms with Crippen LogP contribution in [0.2, 0.25) is 0 Å². The number of piperidine rings is 1. The molecule has 5 rings (SSSR count). The van der Waals surface area contributed by atoms with Gasteiger partial charge < -0.3 is 24.6 Å². The molecule has 2 unspecified atom stereocenters. The molecule has 2 aliphatic rings. The molecule has 0 saturated carbocycles. The molecule has 2 fully saturated rings. The summed E-state index contributed by atoms with van der Waals surface area (Å²) in [6.45, 7) is 6.97. The molecule has 8 heteroatoms. The quantitative estimate of drug-likeness (QED) is 0.473. The number of hydrogen-bond donors (Lipinski definition) is 1. The maximum atomic E-state index is 13.7. The normalized spacial score (nSPS) is 20.7. The summed E-state index contributed by atoms with van der Waals surface area (Å²) in [4.78, 5) is 13.9. The third-order valence-corrected chi connectivity index (χ3v) is 7.35. The lowest BCUT2D eigenvalue weighted by Crippen LogP contribution is -2.42. The number of aromatic nitrogens is 2. The van der Waals surface area contributed by atoms with Crippen molar-refractivity contribution in [1.82, 2.24) is 19.8 Å². The lowest BCUT2D eigenvalue weighted by molar-refractivity contribution is 0.156. The summed E-state index contributed by atoms with van der Waals surface area (Å²) in [6, 6.07) is 9.41. The third-order valence-electron chi connectivity index (χ3n) is 7.35. The van der Waals surface area contributed by atoms with E-state index in [1.54, 1.807) is 26.2 Å². The first kappa shape index (κ1) is 23.8. The largest absolute Gasteiger partial charge is 0.493 e. The van der Waals surface area contributed by atoms with Gasteiger partial charge in [0.05, 0.1) is 19.2 Å². The van der Waals surface area contributed by atoms with Crippen molar-refractivity contribution < 1.29 is 13.9 Å².